The van der Waals surface area contributed by atoms with Gasteiger partial charge in [-0.1, -0.05) is 23.2 Å². The Kier molecular flexibility index (Phi) is 3.25. The standard InChI is InChI=1S/C11H8Cl3NO2/c1-15-8-3-7(14)6(13)2-5(8)10(11(16)17)9(15)4-12/h2-3H,4H2,1H3,(H,16,17). The largest absolute Gasteiger partial charge is 0.478 e. The third-order valence-electron chi connectivity index (χ3n) is 2.70. The second-order valence-electron chi connectivity index (χ2n) is 3.60. The number of aromatic nitrogens is 1. The fraction of sp³-hybridized carbons (Fsp3) is 0.182. The van der Waals surface area contributed by atoms with Gasteiger partial charge in [-0.25, -0.2) is 4.79 Å². The van der Waals surface area contributed by atoms with Crippen molar-refractivity contribution < 1.29 is 9.90 Å². The first kappa shape index (κ1) is 12.6. The average molecular weight is 293 g/mol. The predicted molar refractivity (Wildman–Crippen MR) is 69.5 cm³/mol. The second kappa shape index (κ2) is 4.41. The summed E-state index contributed by atoms with van der Waals surface area (Å²) in [6.45, 7) is 0. The number of benzene rings is 1. The molecular formula is C11H8Cl3NO2. The Morgan fingerprint density at radius 2 is 1.94 bits per heavy atom. The number of hydrogen-bond donors (Lipinski definition) is 1. The lowest BCUT2D eigenvalue weighted by Crippen LogP contribution is -2.02. The van der Waals surface area contributed by atoms with E-state index in [-0.39, 0.29) is 11.4 Å². The van der Waals surface area contributed by atoms with Gasteiger partial charge in [-0.2, -0.15) is 0 Å². The Bertz CT molecular complexity index is 619. The molecule has 3 nitrogen and oxygen atoms in total. The molecule has 0 amide bonds. The van der Waals surface area contributed by atoms with Crippen LogP contribution < -0.4 is 0 Å². The average Bonchev–Trinajstić information content (AvgIpc) is 2.53. The van der Waals surface area contributed by atoms with Crippen molar-refractivity contribution in [3.05, 3.63) is 33.4 Å². The van der Waals surface area contributed by atoms with Gasteiger partial charge in [0.1, 0.15) is 0 Å². The zero-order chi connectivity index (χ0) is 12.7. The maximum Gasteiger partial charge on any atom is 0.338 e. The van der Waals surface area contributed by atoms with E-state index in [1.54, 1.807) is 23.7 Å². The molecule has 1 aromatic carbocycles. The van der Waals surface area contributed by atoms with Gasteiger partial charge < -0.3 is 9.67 Å². The van der Waals surface area contributed by atoms with E-state index in [9.17, 15) is 9.90 Å². The highest BCUT2D eigenvalue weighted by molar-refractivity contribution is 6.43. The van der Waals surface area contributed by atoms with Crippen molar-refractivity contribution in [3.63, 3.8) is 0 Å². The molecule has 1 heterocycles. The Morgan fingerprint density at radius 1 is 1.35 bits per heavy atom. The molecule has 0 atom stereocenters. The SMILES string of the molecule is Cn1c(CCl)c(C(=O)O)c2cc(Cl)c(Cl)cc21. The highest BCUT2D eigenvalue weighted by atomic mass is 35.5. The number of alkyl halides is 1. The zero-order valence-electron chi connectivity index (χ0n) is 8.80. The number of aryl methyl sites for hydroxylation is 1. The fourth-order valence-corrected chi connectivity index (χ4v) is 2.51. The molecule has 2 aromatic rings. The lowest BCUT2D eigenvalue weighted by Gasteiger charge is -2.01. The molecule has 0 saturated heterocycles. The molecule has 2 rings (SSSR count). The van der Waals surface area contributed by atoms with Crippen LogP contribution in [0, 0.1) is 0 Å². The summed E-state index contributed by atoms with van der Waals surface area (Å²) < 4.78 is 1.72. The first-order valence-electron chi connectivity index (χ1n) is 4.73. The number of carbonyl (C=O) groups is 1. The van der Waals surface area contributed by atoms with E-state index in [2.05, 4.69) is 0 Å². The normalized spacial score (nSPS) is 11.1. The lowest BCUT2D eigenvalue weighted by molar-refractivity contribution is 0.0698. The van der Waals surface area contributed by atoms with Crippen molar-refractivity contribution in [2.45, 2.75) is 5.88 Å². The highest BCUT2D eigenvalue weighted by Gasteiger charge is 2.20. The van der Waals surface area contributed by atoms with Gasteiger partial charge in [-0.05, 0) is 12.1 Å². The van der Waals surface area contributed by atoms with Crippen molar-refractivity contribution in [1.82, 2.24) is 4.57 Å². The van der Waals surface area contributed by atoms with Crippen molar-refractivity contribution in [3.8, 4) is 0 Å². The minimum Gasteiger partial charge on any atom is -0.478 e. The topological polar surface area (TPSA) is 42.2 Å². The summed E-state index contributed by atoms with van der Waals surface area (Å²) in [5, 5.41) is 10.5. The number of fused-ring (bicyclic) bond motifs is 1. The van der Waals surface area contributed by atoms with E-state index >= 15 is 0 Å². The summed E-state index contributed by atoms with van der Waals surface area (Å²) in [6, 6.07) is 3.19. The fourth-order valence-electron chi connectivity index (χ4n) is 1.88. The quantitative estimate of drug-likeness (QED) is 0.852. The molecule has 1 N–H and O–H groups in total. The predicted octanol–water partition coefficient (Wildman–Crippen LogP) is 3.92. The minimum atomic E-state index is -1.02. The minimum absolute atomic E-state index is 0.113. The molecule has 0 bridgehead atoms. The summed E-state index contributed by atoms with van der Waals surface area (Å²) in [5.74, 6) is -0.910. The Labute approximate surface area is 112 Å². The van der Waals surface area contributed by atoms with Gasteiger partial charge in [-0.3, -0.25) is 0 Å². The molecule has 90 valence electrons. The van der Waals surface area contributed by atoms with Gasteiger partial charge in [0.05, 0.1) is 27.0 Å². The van der Waals surface area contributed by atoms with Crippen LogP contribution in [0.1, 0.15) is 16.1 Å². The molecule has 0 fully saturated rings. The van der Waals surface area contributed by atoms with Crippen LogP contribution in [0.5, 0.6) is 0 Å². The smallest absolute Gasteiger partial charge is 0.338 e. The van der Waals surface area contributed by atoms with E-state index in [4.69, 9.17) is 34.8 Å². The summed E-state index contributed by atoms with van der Waals surface area (Å²) in [6.07, 6.45) is 0. The molecule has 0 saturated carbocycles. The molecule has 0 aliphatic carbocycles. The molecule has 0 aliphatic heterocycles. The van der Waals surface area contributed by atoms with E-state index in [1.807, 2.05) is 0 Å². The van der Waals surface area contributed by atoms with E-state index in [1.165, 1.54) is 0 Å². The maximum atomic E-state index is 11.3. The monoisotopic (exact) mass is 291 g/mol. The lowest BCUT2D eigenvalue weighted by atomic mass is 10.1. The van der Waals surface area contributed by atoms with Crippen LogP contribution in [-0.2, 0) is 12.9 Å². The highest BCUT2D eigenvalue weighted by Crippen LogP contribution is 2.33. The van der Waals surface area contributed by atoms with Crippen LogP contribution in [0.15, 0.2) is 12.1 Å². The van der Waals surface area contributed by atoms with E-state index < -0.39 is 5.97 Å². The first-order chi connectivity index (χ1) is 7.97. The van der Waals surface area contributed by atoms with Crippen molar-refractivity contribution in [1.29, 1.82) is 0 Å². The van der Waals surface area contributed by atoms with Crippen LogP contribution in [0.4, 0.5) is 0 Å². The number of halogens is 3. The second-order valence-corrected chi connectivity index (χ2v) is 4.68. The van der Waals surface area contributed by atoms with Crippen molar-refractivity contribution >= 4 is 51.7 Å². The molecule has 1 aromatic heterocycles. The zero-order valence-corrected chi connectivity index (χ0v) is 11.1. The van der Waals surface area contributed by atoms with Gasteiger partial charge in [-0.15, -0.1) is 11.6 Å². The van der Waals surface area contributed by atoms with Crippen LogP contribution in [-0.4, -0.2) is 15.6 Å². The van der Waals surface area contributed by atoms with Gasteiger partial charge in [0, 0.05) is 18.1 Å². The Hall–Kier alpha value is -0.900. The van der Waals surface area contributed by atoms with Crippen LogP contribution in [0.2, 0.25) is 10.0 Å². The van der Waals surface area contributed by atoms with Crippen LogP contribution >= 0.6 is 34.8 Å². The number of carboxylic acids is 1. The van der Waals surface area contributed by atoms with E-state index in [0.29, 0.717) is 26.6 Å². The number of nitrogens with zero attached hydrogens (tertiary/aromatic N) is 1. The molecule has 0 radical (unpaired) electrons. The van der Waals surface area contributed by atoms with Crippen molar-refractivity contribution in [2.75, 3.05) is 0 Å². The molecule has 0 aliphatic rings. The molecule has 0 spiro atoms. The van der Waals surface area contributed by atoms with Gasteiger partial charge in [0.25, 0.3) is 0 Å². The number of hydrogen-bond acceptors (Lipinski definition) is 1. The third kappa shape index (κ3) is 1.88. The number of carboxylic acid groups (broad SMARTS) is 1. The van der Waals surface area contributed by atoms with Crippen LogP contribution in [0.25, 0.3) is 10.9 Å². The molecule has 6 heteroatoms. The Morgan fingerprint density at radius 3 is 2.47 bits per heavy atom. The van der Waals surface area contributed by atoms with Gasteiger partial charge in [0.2, 0.25) is 0 Å². The molecule has 17 heavy (non-hydrogen) atoms. The molecular weight excluding hydrogens is 284 g/mol. The number of aromatic carboxylic acids is 1. The summed E-state index contributed by atoms with van der Waals surface area (Å²) >= 11 is 17.6. The summed E-state index contributed by atoms with van der Waals surface area (Å²) in [5.41, 5.74) is 1.41. The van der Waals surface area contributed by atoms with Crippen molar-refractivity contribution in [2.24, 2.45) is 7.05 Å². The number of rotatable bonds is 2. The third-order valence-corrected chi connectivity index (χ3v) is 3.68. The van der Waals surface area contributed by atoms with E-state index in [0.717, 1.165) is 0 Å². The van der Waals surface area contributed by atoms with Crippen LogP contribution in [0.3, 0.4) is 0 Å². The first-order valence-corrected chi connectivity index (χ1v) is 6.02. The maximum absolute atomic E-state index is 11.3. The summed E-state index contributed by atoms with van der Waals surface area (Å²) in [7, 11) is 1.75. The molecule has 0 unspecified atom stereocenters. The summed E-state index contributed by atoms with van der Waals surface area (Å²) in [4.78, 5) is 11.3. The van der Waals surface area contributed by atoms with Gasteiger partial charge in [0.15, 0.2) is 0 Å². The Balaban J connectivity index is 2.95. The van der Waals surface area contributed by atoms with Gasteiger partial charge >= 0.3 is 5.97 Å².